The second-order valence-electron chi connectivity index (χ2n) is 7.72. The maximum atomic E-state index is 12.2. The first-order valence-corrected chi connectivity index (χ1v) is 8.54. The van der Waals surface area contributed by atoms with Gasteiger partial charge in [-0.25, -0.2) is 0 Å². The Morgan fingerprint density at radius 2 is 1.86 bits per heavy atom. The van der Waals surface area contributed by atoms with Crippen LogP contribution in [0.2, 0.25) is 0 Å². The maximum Gasteiger partial charge on any atom is 0.234 e. The van der Waals surface area contributed by atoms with Gasteiger partial charge in [-0.3, -0.25) is 9.69 Å². The lowest BCUT2D eigenvalue weighted by Crippen LogP contribution is -2.44. The summed E-state index contributed by atoms with van der Waals surface area (Å²) < 4.78 is 5.33. The summed E-state index contributed by atoms with van der Waals surface area (Å²) >= 11 is 0. The van der Waals surface area contributed by atoms with Gasteiger partial charge in [-0.15, -0.1) is 0 Å². The van der Waals surface area contributed by atoms with Crippen molar-refractivity contribution in [3.63, 3.8) is 0 Å². The van der Waals surface area contributed by atoms with Gasteiger partial charge in [0.15, 0.2) is 0 Å². The third-order valence-corrected chi connectivity index (χ3v) is 5.00. The van der Waals surface area contributed by atoms with Gasteiger partial charge >= 0.3 is 0 Å². The van der Waals surface area contributed by atoms with Crippen molar-refractivity contribution in [3.8, 4) is 0 Å². The van der Waals surface area contributed by atoms with Crippen LogP contribution >= 0.6 is 0 Å². The number of amides is 1. The van der Waals surface area contributed by atoms with Gasteiger partial charge in [0, 0.05) is 19.3 Å². The predicted molar refractivity (Wildman–Crippen MR) is 85.2 cm³/mol. The number of carbonyl (C=O) groups excluding carboxylic acids is 1. The highest BCUT2D eigenvalue weighted by Crippen LogP contribution is 2.34. The van der Waals surface area contributed by atoms with Crippen LogP contribution in [-0.2, 0) is 9.53 Å². The molecule has 2 fully saturated rings. The monoisotopic (exact) mass is 296 g/mol. The van der Waals surface area contributed by atoms with Gasteiger partial charge in [-0.1, -0.05) is 20.8 Å². The van der Waals surface area contributed by atoms with Crippen LogP contribution in [0.3, 0.4) is 0 Å². The standard InChI is InChI=1S/C17H32N2O2/c1-17(2,3)14-5-4-9-19(10-6-14)13-16(20)18-15-7-11-21-12-8-15/h14-15H,4-13H2,1-3H3,(H,18,20). The first-order chi connectivity index (χ1) is 9.95. The normalized spacial score (nSPS) is 26.3. The van der Waals surface area contributed by atoms with E-state index in [0.717, 1.165) is 45.1 Å². The molecule has 21 heavy (non-hydrogen) atoms. The van der Waals surface area contributed by atoms with Crippen molar-refractivity contribution in [2.24, 2.45) is 11.3 Å². The number of likely N-dealkylation sites (tertiary alicyclic amines) is 1. The first kappa shape index (κ1) is 16.8. The van der Waals surface area contributed by atoms with E-state index in [1.54, 1.807) is 0 Å². The Labute approximate surface area is 129 Å². The highest BCUT2D eigenvalue weighted by molar-refractivity contribution is 5.78. The Bertz CT molecular complexity index is 332. The number of nitrogens with one attached hydrogen (secondary N) is 1. The zero-order valence-electron chi connectivity index (χ0n) is 14.0. The van der Waals surface area contributed by atoms with E-state index in [1.807, 2.05) is 0 Å². The molecule has 0 aromatic heterocycles. The highest BCUT2D eigenvalue weighted by atomic mass is 16.5. The highest BCUT2D eigenvalue weighted by Gasteiger charge is 2.27. The average Bonchev–Trinajstić information content (AvgIpc) is 2.65. The van der Waals surface area contributed by atoms with E-state index >= 15 is 0 Å². The topological polar surface area (TPSA) is 41.6 Å². The van der Waals surface area contributed by atoms with E-state index in [0.29, 0.717) is 18.0 Å². The summed E-state index contributed by atoms with van der Waals surface area (Å²) in [4.78, 5) is 14.5. The van der Waals surface area contributed by atoms with E-state index < -0.39 is 0 Å². The van der Waals surface area contributed by atoms with Gasteiger partial charge in [0.05, 0.1) is 6.54 Å². The minimum absolute atomic E-state index is 0.191. The van der Waals surface area contributed by atoms with Crippen LogP contribution in [0.1, 0.15) is 52.9 Å². The van der Waals surface area contributed by atoms with Gasteiger partial charge in [-0.2, -0.15) is 0 Å². The largest absolute Gasteiger partial charge is 0.381 e. The molecule has 4 heteroatoms. The molecular weight excluding hydrogens is 264 g/mol. The quantitative estimate of drug-likeness (QED) is 0.869. The van der Waals surface area contributed by atoms with Crippen LogP contribution in [0.25, 0.3) is 0 Å². The molecule has 4 nitrogen and oxygen atoms in total. The number of carbonyl (C=O) groups is 1. The SMILES string of the molecule is CC(C)(C)C1CCCN(CC(=O)NC2CCOCC2)CC1. The summed E-state index contributed by atoms with van der Waals surface area (Å²) in [6.07, 6.45) is 5.64. The number of rotatable bonds is 3. The third-order valence-electron chi connectivity index (χ3n) is 5.00. The van der Waals surface area contributed by atoms with Gasteiger partial charge in [0.2, 0.25) is 5.91 Å². The van der Waals surface area contributed by atoms with E-state index in [-0.39, 0.29) is 5.91 Å². The minimum atomic E-state index is 0.191. The Morgan fingerprint density at radius 3 is 2.52 bits per heavy atom. The van der Waals surface area contributed by atoms with Crippen molar-refractivity contribution in [2.75, 3.05) is 32.8 Å². The predicted octanol–water partition coefficient (Wildman–Crippen LogP) is 2.43. The molecule has 0 spiro atoms. The van der Waals surface area contributed by atoms with Gasteiger partial charge in [-0.05, 0) is 56.5 Å². The number of hydrogen-bond donors (Lipinski definition) is 1. The summed E-state index contributed by atoms with van der Waals surface area (Å²) in [5, 5.41) is 3.17. The average molecular weight is 296 g/mol. The molecule has 1 N–H and O–H groups in total. The Hall–Kier alpha value is -0.610. The van der Waals surface area contributed by atoms with E-state index in [1.165, 1.54) is 19.3 Å². The van der Waals surface area contributed by atoms with Gasteiger partial charge < -0.3 is 10.1 Å². The lowest BCUT2D eigenvalue weighted by atomic mass is 9.77. The summed E-state index contributed by atoms with van der Waals surface area (Å²) in [5.41, 5.74) is 0.389. The van der Waals surface area contributed by atoms with Crippen molar-refractivity contribution < 1.29 is 9.53 Å². The maximum absolute atomic E-state index is 12.2. The zero-order chi connectivity index (χ0) is 15.3. The molecule has 2 rings (SSSR count). The van der Waals surface area contributed by atoms with Crippen molar-refractivity contribution >= 4 is 5.91 Å². The van der Waals surface area contributed by atoms with Crippen molar-refractivity contribution in [1.82, 2.24) is 10.2 Å². The molecule has 0 aromatic carbocycles. The fraction of sp³-hybridized carbons (Fsp3) is 0.941. The minimum Gasteiger partial charge on any atom is -0.381 e. The first-order valence-electron chi connectivity index (χ1n) is 8.54. The molecule has 0 bridgehead atoms. The second kappa shape index (κ2) is 7.59. The van der Waals surface area contributed by atoms with E-state index in [9.17, 15) is 4.79 Å². The molecule has 1 amide bonds. The van der Waals surface area contributed by atoms with Crippen LogP contribution < -0.4 is 5.32 Å². The molecule has 122 valence electrons. The van der Waals surface area contributed by atoms with Crippen LogP contribution in [0.4, 0.5) is 0 Å². The third kappa shape index (κ3) is 5.59. The molecule has 0 aromatic rings. The molecule has 0 aliphatic carbocycles. The van der Waals surface area contributed by atoms with Crippen LogP contribution in [0.5, 0.6) is 0 Å². The van der Waals surface area contributed by atoms with Crippen molar-refractivity contribution in [2.45, 2.75) is 58.9 Å². The Kier molecular flexibility index (Phi) is 6.06. The summed E-state index contributed by atoms with van der Waals surface area (Å²) in [6, 6.07) is 0.320. The van der Waals surface area contributed by atoms with Crippen LogP contribution in [-0.4, -0.2) is 49.7 Å². The van der Waals surface area contributed by atoms with E-state index in [4.69, 9.17) is 4.74 Å². The van der Waals surface area contributed by atoms with Gasteiger partial charge in [0.25, 0.3) is 0 Å². The van der Waals surface area contributed by atoms with Crippen LogP contribution in [0.15, 0.2) is 0 Å². The van der Waals surface area contributed by atoms with Crippen molar-refractivity contribution in [3.05, 3.63) is 0 Å². The molecule has 0 saturated carbocycles. The smallest absolute Gasteiger partial charge is 0.234 e. The van der Waals surface area contributed by atoms with E-state index in [2.05, 4.69) is 31.0 Å². The number of ether oxygens (including phenoxy) is 1. The molecule has 0 radical (unpaired) electrons. The fourth-order valence-corrected chi connectivity index (χ4v) is 3.50. The summed E-state index contributed by atoms with van der Waals surface area (Å²) in [6.45, 7) is 11.3. The lowest BCUT2D eigenvalue weighted by Gasteiger charge is -2.30. The molecule has 2 saturated heterocycles. The Morgan fingerprint density at radius 1 is 1.14 bits per heavy atom. The van der Waals surface area contributed by atoms with Gasteiger partial charge in [0.1, 0.15) is 0 Å². The Balaban J connectivity index is 1.73. The van der Waals surface area contributed by atoms with Crippen LogP contribution in [0, 0.1) is 11.3 Å². The second-order valence-corrected chi connectivity index (χ2v) is 7.72. The molecule has 2 aliphatic heterocycles. The molecule has 1 atom stereocenters. The molecule has 2 heterocycles. The van der Waals surface area contributed by atoms with Crippen molar-refractivity contribution in [1.29, 1.82) is 0 Å². The summed E-state index contributed by atoms with van der Waals surface area (Å²) in [7, 11) is 0. The molecule has 1 unspecified atom stereocenters. The number of hydrogen-bond acceptors (Lipinski definition) is 3. The molecular formula is C17H32N2O2. The zero-order valence-corrected chi connectivity index (χ0v) is 14.0. The molecule has 2 aliphatic rings. The summed E-state index contributed by atoms with van der Waals surface area (Å²) in [5.74, 6) is 0.970. The lowest BCUT2D eigenvalue weighted by molar-refractivity contribution is -0.123. The fourth-order valence-electron chi connectivity index (χ4n) is 3.50. The number of nitrogens with zero attached hydrogens (tertiary/aromatic N) is 1.